The summed E-state index contributed by atoms with van der Waals surface area (Å²) in [4.78, 5) is 0. The third-order valence-electron chi connectivity index (χ3n) is 2.94. The quantitative estimate of drug-likeness (QED) is 0.106. The van der Waals surface area contributed by atoms with Gasteiger partial charge in [0.2, 0.25) is 0 Å². The average Bonchev–Trinajstić information content (AvgIpc) is 2.78. The van der Waals surface area contributed by atoms with Crippen LogP contribution in [0.15, 0.2) is 0 Å². The zero-order valence-electron chi connectivity index (χ0n) is 17.5. The summed E-state index contributed by atoms with van der Waals surface area (Å²) in [6, 6.07) is 0. The van der Waals surface area contributed by atoms with Crippen LogP contribution in [0.3, 0.4) is 0 Å². The van der Waals surface area contributed by atoms with E-state index in [-0.39, 0.29) is 0 Å². The molecular weight excluding hydrogens is 479 g/mol. The van der Waals surface area contributed by atoms with Gasteiger partial charge in [0.05, 0.1) is 0 Å². The lowest BCUT2D eigenvalue weighted by atomic mass is 11.8. The van der Waals surface area contributed by atoms with E-state index in [2.05, 4.69) is 14.0 Å². The molecule has 0 fully saturated rings. The van der Waals surface area contributed by atoms with Gasteiger partial charge < -0.3 is 39.8 Å². The molecule has 0 aromatic heterocycles. The van der Waals surface area contributed by atoms with Crippen molar-refractivity contribution >= 4 is 35.0 Å². The normalized spacial score (nSPS) is 13.8. The van der Waals surface area contributed by atoms with Gasteiger partial charge in [-0.3, -0.25) is 0 Å². The van der Waals surface area contributed by atoms with Crippen LogP contribution in [0.4, 0.5) is 0 Å². The Morgan fingerprint density at radius 2 is 0.586 bits per heavy atom. The van der Waals surface area contributed by atoms with Gasteiger partial charge in [0.15, 0.2) is 0 Å². The Bertz CT molecular complexity index is 395. The predicted octanol–water partition coefficient (Wildman–Crippen LogP) is 0.0635. The molecule has 0 N–H and O–H groups in total. The summed E-state index contributed by atoms with van der Waals surface area (Å²) in [6.07, 6.45) is 0. The second kappa shape index (κ2) is 13.6. The minimum Gasteiger partial charge on any atom is -0.353 e. The number of hydrogen-bond donors (Lipinski definition) is 0. The monoisotopic (exact) mass is 506 g/mol. The molecule has 176 valence electrons. The van der Waals surface area contributed by atoms with Gasteiger partial charge in [0.25, 0.3) is 0 Å². The molecule has 29 heavy (non-hydrogen) atoms. The van der Waals surface area contributed by atoms with Crippen molar-refractivity contribution in [2.45, 2.75) is 0 Å². The van der Waals surface area contributed by atoms with E-state index < -0.39 is 35.0 Å². The summed E-state index contributed by atoms with van der Waals surface area (Å²) >= 11 is 0. The van der Waals surface area contributed by atoms with Gasteiger partial charge in [-0.1, -0.05) is 0 Å². The molecule has 0 aromatic carbocycles. The first-order chi connectivity index (χ1) is 13.7. The maximum absolute atomic E-state index is 12.9. The van der Waals surface area contributed by atoms with Crippen LogP contribution in [-0.4, -0.2) is 91.1 Å². The molecule has 0 saturated heterocycles. The van der Waals surface area contributed by atoms with E-state index in [1.165, 1.54) is 64.0 Å². The van der Waals surface area contributed by atoms with Crippen LogP contribution in [0, 0.1) is 0 Å². The Kier molecular flexibility index (Phi) is 13.8. The van der Waals surface area contributed by atoms with Gasteiger partial charge in [-0.25, -0.2) is 4.57 Å². The maximum atomic E-state index is 12.9. The molecule has 0 aliphatic rings. The summed E-state index contributed by atoms with van der Waals surface area (Å²) in [6.45, 7) is 0. The topological polar surface area (TPSA) is 156 Å². The van der Waals surface area contributed by atoms with Crippen molar-refractivity contribution < 1.29 is 72.2 Å². The van der Waals surface area contributed by atoms with Gasteiger partial charge in [-0.2, -0.15) is 13.7 Å². The van der Waals surface area contributed by atoms with Gasteiger partial charge in [0, 0.05) is 64.0 Å². The highest BCUT2D eigenvalue weighted by molar-refractivity contribution is 7.48. The Hall–Kier alpha value is 0.281. The highest BCUT2D eigenvalue weighted by Gasteiger charge is 2.54. The van der Waals surface area contributed by atoms with Crippen LogP contribution in [-0.2, 0) is 72.2 Å². The molecule has 20 heteroatoms. The standard InChI is InChI=1S/C9H27O16PSi3/c1-11-27(12-2,13-3)23-20-26(10,21-24-28(14-4,15-5)16-6)22-25-29(17-7,18-8)19-9/h1-9H3. The van der Waals surface area contributed by atoms with Crippen LogP contribution < -0.4 is 0 Å². The van der Waals surface area contributed by atoms with E-state index in [1.807, 2.05) is 0 Å². The van der Waals surface area contributed by atoms with E-state index in [1.54, 1.807) is 0 Å². The SMILES string of the molecule is CO[Si](OC)(OC)OOP(=O)(OO[Si](OC)(OC)OC)OO[Si](OC)(OC)OC. The molecular formula is C9H27O16PSi3. The fraction of sp³-hybridized carbons (Fsp3) is 1.00. The molecule has 0 amide bonds. The third-order valence-corrected chi connectivity index (χ3v) is 9.50. The van der Waals surface area contributed by atoms with Crippen molar-refractivity contribution in [1.82, 2.24) is 0 Å². The van der Waals surface area contributed by atoms with Gasteiger partial charge in [-0.05, 0) is 0 Å². The minimum absolute atomic E-state index is 1.19. The van der Waals surface area contributed by atoms with Gasteiger partial charge >= 0.3 is 35.0 Å². The number of phosphoric acid groups is 1. The molecule has 0 heterocycles. The molecule has 0 rings (SSSR count). The minimum atomic E-state index is -4.91. The zero-order chi connectivity index (χ0) is 22.6. The fourth-order valence-electron chi connectivity index (χ4n) is 1.37. The second-order valence-corrected chi connectivity index (χ2v) is 12.8. The smallest absolute Gasteiger partial charge is 0.353 e. The molecule has 0 saturated carbocycles. The van der Waals surface area contributed by atoms with Gasteiger partial charge in [0.1, 0.15) is 0 Å². The Morgan fingerprint density at radius 1 is 0.414 bits per heavy atom. The molecule has 0 aliphatic carbocycles. The molecule has 0 unspecified atom stereocenters. The zero-order valence-corrected chi connectivity index (χ0v) is 21.4. The first kappa shape index (κ1) is 29.3. The van der Waals surface area contributed by atoms with Crippen molar-refractivity contribution in [2.24, 2.45) is 0 Å². The van der Waals surface area contributed by atoms with Crippen LogP contribution in [0.2, 0.25) is 0 Å². The summed E-state index contributed by atoms with van der Waals surface area (Å²) < 4.78 is 86.1. The number of hydrogen-bond acceptors (Lipinski definition) is 16. The molecule has 0 spiro atoms. The van der Waals surface area contributed by atoms with Crippen molar-refractivity contribution in [1.29, 1.82) is 0 Å². The summed E-state index contributed by atoms with van der Waals surface area (Å²) in [5.41, 5.74) is 0. The lowest BCUT2D eigenvalue weighted by Crippen LogP contribution is -2.48. The summed E-state index contributed by atoms with van der Waals surface area (Å²) in [5.74, 6) is 0. The molecule has 0 bridgehead atoms. The van der Waals surface area contributed by atoms with E-state index in [0.29, 0.717) is 0 Å². The summed E-state index contributed by atoms with van der Waals surface area (Å²) in [5, 5.41) is 0. The number of rotatable bonds is 18. The van der Waals surface area contributed by atoms with Gasteiger partial charge in [-0.15, -0.1) is 14.0 Å². The van der Waals surface area contributed by atoms with Crippen LogP contribution in [0.25, 0.3) is 0 Å². The van der Waals surface area contributed by atoms with Crippen molar-refractivity contribution in [2.75, 3.05) is 64.0 Å². The second-order valence-electron chi connectivity index (χ2n) is 4.26. The molecule has 0 aliphatic heterocycles. The maximum Gasteiger partial charge on any atom is 0.707 e. The third kappa shape index (κ3) is 8.38. The van der Waals surface area contributed by atoms with Crippen LogP contribution >= 0.6 is 7.82 Å². The predicted molar refractivity (Wildman–Crippen MR) is 94.5 cm³/mol. The van der Waals surface area contributed by atoms with Crippen LogP contribution in [0.1, 0.15) is 0 Å². The van der Waals surface area contributed by atoms with Crippen molar-refractivity contribution in [3.05, 3.63) is 0 Å². The highest BCUT2D eigenvalue weighted by Crippen LogP contribution is 2.52. The average molecular weight is 507 g/mol. The Morgan fingerprint density at radius 3 is 0.724 bits per heavy atom. The Balaban J connectivity index is 5.53. The van der Waals surface area contributed by atoms with E-state index in [9.17, 15) is 4.57 Å². The molecule has 0 radical (unpaired) electrons. The molecule has 16 nitrogen and oxygen atoms in total. The first-order valence-corrected chi connectivity index (χ1v) is 13.7. The van der Waals surface area contributed by atoms with E-state index in [0.717, 1.165) is 0 Å². The van der Waals surface area contributed by atoms with E-state index >= 15 is 0 Å². The van der Waals surface area contributed by atoms with Crippen molar-refractivity contribution in [3.63, 3.8) is 0 Å². The van der Waals surface area contributed by atoms with E-state index in [4.69, 9.17) is 53.6 Å². The summed E-state index contributed by atoms with van der Waals surface area (Å²) in [7, 11) is -5.73. The largest absolute Gasteiger partial charge is 0.707 e. The highest BCUT2D eigenvalue weighted by atomic mass is 31.2. The fourth-order valence-corrected chi connectivity index (χ4v) is 5.75. The molecule has 0 atom stereocenters. The lowest BCUT2D eigenvalue weighted by Gasteiger charge is -2.27. The lowest BCUT2D eigenvalue weighted by molar-refractivity contribution is -0.296. The van der Waals surface area contributed by atoms with Crippen molar-refractivity contribution in [3.8, 4) is 0 Å². The molecule has 0 aromatic rings. The van der Waals surface area contributed by atoms with Crippen LogP contribution in [0.5, 0.6) is 0 Å². The Labute approximate surface area is 171 Å². The first-order valence-electron chi connectivity index (χ1n) is 7.35.